The van der Waals surface area contributed by atoms with Gasteiger partial charge in [-0.1, -0.05) is 20.8 Å². The lowest BCUT2D eigenvalue weighted by Crippen LogP contribution is -2.50. The van der Waals surface area contributed by atoms with Gasteiger partial charge < -0.3 is 10.2 Å². The Labute approximate surface area is 128 Å². The Bertz CT molecular complexity index is 369. The number of hydrogen-bond acceptors (Lipinski definition) is 4. The third-order valence-corrected chi connectivity index (χ3v) is 4.90. The van der Waals surface area contributed by atoms with Crippen molar-refractivity contribution in [2.75, 3.05) is 32.7 Å². The summed E-state index contributed by atoms with van der Waals surface area (Å²) in [7, 11) is 0. The zero-order chi connectivity index (χ0) is 15.4. The summed E-state index contributed by atoms with van der Waals surface area (Å²) in [5, 5.41) is 3.32. The number of Topliss-reactive ketones (excluding diaryl/α,β-unsaturated/α-hetero) is 2. The molecule has 0 bridgehead atoms. The van der Waals surface area contributed by atoms with Crippen LogP contribution in [0.15, 0.2) is 0 Å². The van der Waals surface area contributed by atoms with Crippen molar-refractivity contribution < 1.29 is 9.59 Å². The summed E-state index contributed by atoms with van der Waals surface area (Å²) >= 11 is 0. The molecule has 1 N–H and O–H groups in total. The minimum atomic E-state index is 0.132. The van der Waals surface area contributed by atoms with Gasteiger partial charge in [-0.15, -0.1) is 0 Å². The maximum atomic E-state index is 12.2. The summed E-state index contributed by atoms with van der Waals surface area (Å²) in [5.74, 6) is 2.13. The standard InChI is InChI=1S/C17H30N2O2/c1-12(2)16(20)7-15-10-19(11-15)9-13(3)17(21)6-14-4-5-18-8-14/h12-15,18H,4-11H2,1-3H3. The molecule has 2 aliphatic heterocycles. The molecule has 120 valence electrons. The number of carbonyl (C=O) groups excluding carboxylic acids is 2. The average molecular weight is 294 g/mol. The third-order valence-electron chi connectivity index (χ3n) is 4.90. The molecule has 2 saturated heterocycles. The van der Waals surface area contributed by atoms with E-state index in [9.17, 15) is 9.59 Å². The van der Waals surface area contributed by atoms with Crippen molar-refractivity contribution in [1.82, 2.24) is 10.2 Å². The lowest BCUT2D eigenvalue weighted by atomic mass is 9.88. The molecule has 21 heavy (non-hydrogen) atoms. The number of nitrogens with one attached hydrogen (secondary N) is 1. The Morgan fingerprint density at radius 2 is 1.76 bits per heavy atom. The molecule has 2 aliphatic rings. The van der Waals surface area contributed by atoms with Gasteiger partial charge in [-0.3, -0.25) is 9.59 Å². The third kappa shape index (κ3) is 4.89. The number of carbonyl (C=O) groups is 2. The first-order valence-corrected chi connectivity index (χ1v) is 8.44. The zero-order valence-corrected chi connectivity index (χ0v) is 13.7. The molecule has 0 aliphatic carbocycles. The second kappa shape index (κ2) is 7.50. The molecule has 0 aromatic carbocycles. The number of ketones is 2. The van der Waals surface area contributed by atoms with E-state index in [1.807, 2.05) is 13.8 Å². The Balaban J connectivity index is 1.62. The van der Waals surface area contributed by atoms with Gasteiger partial charge in [-0.25, -0.2) is 0 Å². The van der Waals surface area contributed by atoms with Crippen molar-refractivity contribution in [2.24, 2.45) is 23.7 Å². The number of likely N-dealkylation sites (tertiary alicyclic amines) is 1. The normalized spacial score (nSPS) is 25.0. The van der Waals surface area contributed by atoms with E-state index in [0.29, 0.717) is 29.8 Å². The van der Waals surface area contributed by atoms with Gasteiger partial charge in [-0.2, -0.15) is 0 Å². The number of hydrogen-bond donors (Lipinski definition) is 1. The molecule has 2 heterocycles. The summed E-state index contributed by atoms with van der Waals surface area (Å²) in [6.07, 6.45) is 2.59. The van der Waals surface area contributed by atoms with Crippen molar-refractivity contribution in [3.05, 3.63) is 0 Å². The van der Waals surface area contributed by atoms with Gasteiger partial charge >= 0.3 is 0 Å². The lowest BCUT2D eigenvalue weighted by molar-refractivity contribution is -0.126. The van der Waals surface area contributed by atoms with Gasteiger partial charge in [0.15, 0.2) is 0 Å². The van der Waals surface area contributed by atoms with Crippen molar-refractivity contribution in [1.29, 1.82) is 0 Å². The molecule has 0 radical (unpaired) electrons. The first-order valence-electron chi connectivity index (χ1n) is 8.44. The zero-order valence-electron chi connectivity index (χ0n) is 13.7. The minimum absolute atomic E-state index is 0.132. The summed E-state index contributed by atoms with van der Waals surface area (Å²) < 4.78 is 0. The molecule has 0 aromatic rings. The second-order valence-corrected chi connectivity index (χ2v) is 7.34. The molecule has 2 rings (SSSR count). The average Bonchev–Trinajstić information content (AvgIpc) is 2.88. The Morgan fingerprint density at radius 1 is 1.10 bits per heavy atom. The highest BCUT2D eigenvalue weighted by Gasteiger charge is 2.31. The van der Waals surface area contributed by atoms with Crippen LogP contribution in [-0.4, -0.2) is 49.2 Å². The van der Waals surface area contributed by atoms with Crippen molar-refractivity contribution in [2.45, 2.75) is 40.0 Å². The van der Waals surface area contributed by atoms with E-state index < -0.39 is 0 Å². The van der Waals surface area contributed by atoms with Crippen LogP contribution in [0, 0.1) is 23.7 Å². The van der Waals surface area contributed by atoms with Crippen LogP contribution in [0.25, 0.3) is 0 Å². The van der Waals surface area contributed by atoms with Crippen LogP contribution >= 0.6 is 0 Å². The van der Waals surface area contributed by atoms with E-state index in [2.05, 4.69) is 17.1 Å². The monoisotopic (exact) mass is 294 g/mol. The van der Waals surface area contributed by atoms with Gasteiger partial charge in [0.05, 0.1) is 0 Å². The van der Waals surface area contributed by atoms with Gasteiger partial charge in [-0.05, 0) is 31.3 Å². The molecule has 0 spiro atoms. The highest BCUT2D eigenvalue weighted by Crippen LogP contribution is 2.23. The highest BCUT2D eigenvalue weighted by atomic mass is 16.1. The quantitative estimate of drug-likeness (QED) is 0.741. The van der Waals surface area contributed by atoms with Crippen LogP contribution in [0.5, 0.6) is 0 Å². The Hall–Kier alpha value is -0.740. The van der Waals surface area contributed by atoms with Crippen molar-refractivity contribution >= 4 is 11.6 Å². The SMILES string of the molecule is CC(C)C(=O)CC1CN(CC(C)C(=O)CC2CCNC2)C1. The van der Waals surface area contributed by atoms with Crippen molar-refractivity contribution in [3.8, 4) is 0 Å². The van der Waals surface area contributed by atoms with Gasteiger partial charge in [0.1, 0.15) is 11.6 Å². The van der Waals surface area contributed by atoms with Gasteiger partial charge in [0.25, 0.3) is 0 Å². The summed E-state index contributed by atoms with van der Waals surface area (Å²) in [5.41, 5.74) is 0. The van der Waals surface area contributed by atoms with Crippen LogP contribution < -0.4 is 5.32 Å². The topological polar surface area (TPSA) is 49.4 Å². The highest BCUT2D eigenvalue weighted by molar-refractivity contribution is 5.81. The molecule has 0 aromatic heterocycles. The van der Waals surface area contributed by atoms with E-state index in [4.69, 9.17) is 0 Å². The van der Waals surface area contributed by atoms with Crippen LogP contribution in [0.2, 0.25) is 0 Å². The summed E-state index contributed by atoms with van der Waals surface area (Å²) in [6, 6.07) is 0. The summed E-state index contributed by atoms with van der Waals surface area (Å²) in [4.78, 5) is 26.2. The van der Waals surface area contributed by atoms with E-state index in [-0.39, 0.29) is 11.8 Å². The molecular formula is C17H30N2O2. The first kappa shape index (κ1) is 16.6. The van der Waals surface area contributed by atoms with Gasteiger partial charge in [0, 0.05) is 44.3 Å². The second-order valence-electron chi connectivity index (χ2n) is 7.34. The van der Waals surface area contributed by atoms with E-state index >= 15 is 0 Å². The fourth-order valence-electron chi connectivity index (χ4n) is 3.34. The Morgan fingerprint density at radius 3 is 2.33 bits per heavy atom. The van der Waals surface area contributed by atoms with E-state index in [1.165, 1.54) is 0 Å². The molecule has 0 amide bonds. The number of rotatable bonds is 8. The van der Waals surface area contributed by atoms with Crippen LogP contribution in [0.1, 0.15) is 40.0 Å². The Kier molecular flexibility index (Phi) is 5.94. The summed E-state index contributed by atoms with van der Waals surface area (Å²) in [6.45, 7) is 10.9. The molecule has 2 fully saturated rings. The largest absolute Gasteiger partial charge is 0.316 e. The van der Waals surface area contributed by atoms with Gasteiger partial charge in [0.2, 0.25) is 0 Å². The van der Waals surface area contributed by atoms with E-state index in [0.717, 1.165) is 45.6 Å². The molecule has 0 saturated carbocycles. The predicted octanol–water partition coefficient (Wildman–Crippen LogP) is 1.74. The smallest absolute Gasteiger partial charge is 0.137 e. The minimum Gasteiger partial charge on any atom is -0.316 e. The fraction of sp³-hybridized carbons (Fsp3) is 0.882. The predicted molar refractivity (Wildman–Crippen MR) is 84.2 cm³/mol. The molecule has 4 heteroatoms. The molecule has 2 atom stereocenters. The molecule has 4 nitrogen and oxygen atoms in total. The maximum Gasteiger partial charge on any atom is 0.137 e. The molecule has 2 unspecified atom stereocenters. The van der Waals surface area contributed by atoms with Crippen LogP contribution in [0.4, 0.5) is 0 Å². The molecular weight excluding hydrogens is 264 g/mol. The maximum absolute atomic E-state index is 12.2. The lowest BCUT2D eigenvalue weighted by Gasteiger charge is -2.40. The first-order chi connectivity index (χ1) is 9.95. The van der Waals surface area contributed by atoms with Crippen LogP contribution in [0.3, 0.4) is 0 Å². The number of nitrogens with zero attached hydrogens (tertiary/aromatic N) is 1. The fourth-order valence-corrected chi connectivity index (χ4v) is 3.34. The van der Waals surface area contributed by atoms with Crippen molar-refractivity contribution in [3.63, 3.8) is 0 Å². The van der Waals surface area contributed by atoms with Crippen LogP contribution in [-0.2, 0) is 9.59 Å². The van der Waals surface area contributed by atoms with E-state index in [1.54, 1.807) is 0 Å².